The lowest BCUT2D eigenvalue weighted by Crippen LogP contribution is -3.14. The summed E-state index contributed by atoms with van der Waals surface area (Å²) in [7, 11) is 0. The summed E-state index contributed by atoms with van der Waals surface area (Å²) in [4.78, 5) is 6.30. The van der Waals surface area contributed by atoms with Gasteiger partial charge in [0.2, 0.25) is 0 Å². The molecule has 0 radical (unpaired) electrons. The molecule has 4 rings (SSSR count). The number of para-hydroxylation sites is 2. The summed E-state index contributed by atoms with van der Waals surface area (Å²) < 4.78 is 7.08. The number of thiazole rings is 1. The van der Waals surface area contributed by atoms with E-state index < -0.39 is 6.10 Å². The van der Waals surface area contributed by atoms with E-state index in [-0.39, 0.29) is 0 Å². The predicted molar refractivity (Wildman–Crippen MR) is 110 cm³/mol. The van der Waals surface area contributed by atoms with Crippen LogP contribution in [0.2, 0.25) is 0 Å². The molecule has 0 amide bonds. The third kappa shape index (κ3) is 4.49. The van der Waals surface area contributed by atoms with Crippen molar-refractivity contribution in [2.45, 2.75) is 31.8 Å². The number of aryl methyl sites for hydroxylation is 1. The molecule has 1 aromatic heterocycles. The normalized spacial score (nSPS) is 21.3. The molecule has 2 heterocycles. The van der Waals surface area contributed by atoms with E-state index in [0.717, 1.165) is 49.3 Å². The smallest absolute Gasteiger partial charge is 0.137 e. The predicted octanol–water partition coefficient (Wildman–Crippen LogP) is 2.81. The second-order valence-electron chi connectivity index (χ2n) is 7.48. The molecule has 27 heavy (non-hydrogen) atoms. The van der Waals surface area contributed by atoms with E-state index in [2.05, 4.69) is 24.3 Å². The fourth-order valence-electron chi connectivity index (χ4n) is 3.84. The second kappa shape index (κ2) is 8.38. The van der Waals surface area contributed by atoms with Crippen molar-refractivity contribution < 1.29 is 14.7 Å². The highest BCUT2D eigenvalue weighted by Crippen LogP contribution is 2.31. The molecule has 0 aliphatic carbocycles. The Hall–Kier alpha value is -1.95. The SMILES string of the molecule is Cc1ccccc1OC[C@@H](O)C[NH+]1CCC(c2nc3ccccc3s2)CC1. The van der Waals surface area contributed by atoms with Crippen LogP contribution in [-0.4, -0.2) is 42.4 Å². The van der Waals surface area contributed by atoms with Crippen molar-refractivity contribution in [3.63, 3.8) is 0 Å². The van der Waals surface area contributed by atoms with Crippen LogP contribution in [0.15, 0.2) is 48.5 Å². The van der Waals surface area contributed by atoms with Crippen molar-refractivity contribution in [1.82, 2.24) is 4.98 Å². The lowest BCUT2D eigenvalue weighted by Gasteiger charge is -2.29. The summed E-state index contributed by atoms with van der Waals surface area (Å²) >= 11 is 1.84. The highest BCUT2D eigenvalue weighted by molar-refractivity contribution is 7.18. The summed E-state index contributed by atoms with van der Waals surface area (Å²) in [5.41, 5.74) is 2.23. The Morgan fingerprint density at radius 1 is 1.15 bits per heavy atom. The van der Waals surface area contributed by atoms with E-state index >= 15 is 0 Å². The molecule has 5 heteroatoms. The minimum absolute atomic E-state index is 0.357. The molecule has 1 aliphatic heterocycles. The zero-order valence-corrected chi connectivity index (χ0v) is 16.5. The Balaban J connectivity index is 1.26. The minimum atomic E-state index is -0.432. The maximum atomic E-state index is 10.4. The summed E-state index contributed by atoms with van der Waals surface area (Å²) in [6.45, 7) is 5.30. The van der Waals surface area contributed by atoms with Gasteiger partial charge in [-0.3, -0.25) is 0 Å². The van der Waals surface area contributed by atoms with E-state index in [4.69, 9.17) is 9.72 Å². The highest BCUT2D eigenvalue weighted by atomic mass is 32.1. The summed E-state index contributed by atoms with van der Waals surface area (Å²) in [6.07, 6.45) is 1.85. The minimum Gasteiger partial charge on any atom is -0.490 e. The van der Waals surface area contributed by atoms with E-state index in [0.29, 0.717) is 12.5 Å². The third-order valence-electron chi connectivity index (χ3n) is 5.40. The Kier molecular flexibility index (Phi) is 5.72. The first-order valence-corrected chi connectivity index (χ1v) is 10.6. The molecule has 0 unspecified atom stereocenters. The van der Waals surface area contributed by atoms with Gasteiger partial charge in [-0.25, -0.2) is 4.98 Å². The standard InChI is InChI=1S/C22H26N2O2S/c1-16-6-2-4-8-20(16)26-15-18(25)14-24-12-10-17(11-13-24)22-23-19-7-3-5-9-21(19)27-22/h2-9,17-18,25H,10-15H2,1H3/p+1/t18-/m0/s1. The van der Waals surface area contributed by atoms with Gasteiger partial charge < -0.3 is 14.7 Å². The Morgan fingerprint density at radius 2 is 1.89 bits per heavy atom. The van der Waals surface area contributed by atoms with Gasteiger partial charge in [-0.1, -0.05) is 30.3 Å². The molecule has 0 spiro atoms. The number of quaternary nitrogens is 1. The lowest BCUT2D eigenvalue weighted by molar-refractivity contribution is -0.908. The van der Waals surface area contributed by atoms with Crippen LogP contribution in [0, 0.1) is 6.92 Å². The molecule has 2 N–H and O–H groups in total. The van der Waals surface area contributed by atoms with Gasteiger partial charge in [-0.2, -0.15) is 0 Å². The average molecular weight is 384 g/mol. The number of hydrogen-bond acceptors (Lipinski definition) is 4. The molecular formula is C22H27N2O2S+. The monoisotopic (exact) mass is 383 g/mol. The molecule has 1 aliphatic rings. The quantitative estimate of drug-likeness (QED) is 0.688. The van der Waals surface area contributed by atoms with Gasteiger partial charge in [-0.15, -0.1) is 11.3 Å². The van der Waals surface area contributed by atoms with Gasteiger partial charge in [-0.05, 0) is 30.7 Å². The number of aliphatic hydroxyl groups excluding tert-OH is 1. The van der Waals surface area contributed by atoms with Crippen molar-refractivity contribution in [3.8, 4) is 5.75 Å². The van der Waals surface area contributed by atoms with Crippen LogP contribution in [0.4, 0.5) is 0 Å². The number of piperidine rings is 1. The molecule has 0 saturated carbocycles. The zero-order chi connectivity index (χ0) is 18.6. The van der Waals surface area contributed by atoms with E-state index in [9.17, 15) is 5.11 Å². The number of hydrogen-bond donors (Lipinski definition) is 2. The van der Waals surface area contributed by atoms with Crippen molar-refractivity contribution in [2.75, 3.05) is 26.2 Å². The number of nitrogens with one attached hydrogen (secondary N) is 1. The van der Waals surface area contributed by atoms with Crippen LogP contribution >= 0.6 is 11.3 Å². The molecule has 1 atom stereocenters. The molecule has 0 bridgehead atoms. The fourth-order valence-corrected chi connectivity index (χ4v) is 4.97. The number of aromatic nitrogens is 1. The molecular weight excluding hydrogens is 356 g/mol. The zero-order valence-electron chi connectivity index (χ0n) is 15.7. The van der Waals surface area contributed by atoms with Crippen LogP contribution < -0.4 is 9.64 Å². The van der Waals surface area contributed by atoms with Gasteiger partial charge in [0.15, 0.2) is 0 Å². The van der Waals surface area contributed by atoms with Gasteiger partial charge in [0.25, 0.3) is 0 Å². The molecule has 1 fully saturated rings. The Labute approximate surface area is 164 Å². The summed E-state index contributed by atoms with van der Waals surface area (Å²) in [6, 6.07) is 16.3. The molecule has 1 saturated heterocycles. The van der Waals surface area contributed by atoms with Crippen molar-refractivity contribution >= 4 is 21.6 Å². The van der Waals surface area contributed by atoms with Crippen LogP contribution in [-0.2, 0) is 0 Å². The number of ether oxygens (including phenoxy) is 1. The molecule has 142 valence electrons. The van der Waals surface area contributed by atoms with Crippen LogP contribution in [0.1, 0.15) is 29.3 Å². The summed E-state index contributed by atoms with van der Waals surface area (Å²) in [5.74, 6) is 1.42. The van der Waals surface area contributed by atoms with Crippen molar-refractivity contribution in [3.05, 3.63) is 59.1 Å². The Morgan fingerprint density at radius 3 is 2.67 bits per heavy atom. The number of likely N-dealkylation sites (tertiary alicyclic amines) is 1. The van der Waals surface area contributed by atoms with Crippen LogP contribution in [0.25, 0.3) is 10.2 Å². The van der Waals surface area contributed by atoms with E-state index in [1.54, 1.807) is 0 Å². The highest BCUT2D eigenvalue weighted by Gasteiger charge is 2.27. The maximum absolute atomic E-state index is 10.4. The van der Waals surface area contributed by atoms with Crippen LogP contribution in [0.3, 0.4) is 0 Å². The first kappa shape index (κ1) is 18.4. The number of rotatable bonds is 6. The average Bonchev–Trinajstić information content (AvgIpc) is 3.12. The van der Waals surface area contributed by atoms with E-state index in [1.807, 2.05) is 42.5 Å². The van der Waals surface area contributed by atoms with Gasteiger partial charge in [0.1, 0.15) is 25.0 Å². The van der Waals surface area contributed by atoms with Crippen molar-refractivity contribution in [1.29, 1.82) is 0 Å². The van der Waals surface area contributed by atoms with Crippen LogP contribution in [0.5, 0.6) is 5.75 Å². The first-order chi connectivity index (χ1) is 13.2. The molecule has 3 aromatic rings. The van der Waals surface area contributed by atoms with Gasteiger partial charge in [0.05, 0.1) is 28.3 Å². The topological polar surface area (TPSA) is 46.8 Å². The first-order valence-electron chi connectivity index (χ1n) is 9.74. The molecule has 2 aromatic carbocycles. The summed E-state index contributed by atoms with van der Waals surface area (Å²) in [5, 5.41) is 11.7. The number of nitrogens with zero attached hydrogens (tertiary/aromatic N) is 1. The number of benzene rings is 2. The number of aliphatic hydroxyl groups is 1. The fraction of sp³-hybridized carbons (Fsp3) is 0.409. The van der Waals surface area contributed by atoms with E-state index in [1.165, 1.54) is 14.6 Å². The number of fused-ring (bicyclic) bond motifs is 1. The Bertz CT molecular complexity index is 854. The van der Waals surface area contributed by atoms with Gasteiger partial charge >= 0.3 is 0 Å². The van der Waals surface area contributed by atoms with Crippen molar-refractivity contribution in [2.24, 2.45) is 0 Å². The second-order valence-corrected chi connectivity index (χ2v) is 8.54. The van der Waals surface area contributed by atoms with Gasteiger partial charge in [0, 0.05) is 18.8 Å². The maximum Gasteiger partial charge on any atom is 0.137 e. The molecule has 4 nitrogen and oxygen atoms in total. The lowest BCUT2D eigenvalue weighted by atomic mass is 9.97. The largest absolute Gasteiger partial charge is 0.490 e. The third-order valence-corrected chi connectivity index (χ3v) is 6.60.